The van der Waals surface area contributed by atoms with Crippen molar-refractivity contribution in [2.75, 3.05) is 11.3 Å². The Bertz CT molecular complexity index is 726. The molecule has 0 unspecified atom stereocenters. The van der Waals surface area contributed by atoms with E-state index in [2.05, 4.69) is 10.0 Å². The van der Waals surface area contributed by atoms with E-state index in [4.69, 9.17) is 11.6 Å². The molecule has 7 heteroatoms. The second-order valence-corrected chi connectivity index (χ2v) is 7.62. The van der Waals surface area contributed by atoms with Crippen LogP contribution in [0, 0.1) is 6.92 Å². The third-order valence-electron chi connectivity index (χ3n) is 2.95. The van der Waals surface area contributed by atoms with Crippen LogP contribution in [0.3, 0.4) is 0 Å². The molecule has 21 heavy (non-hydrogen) atoms. The van der Waals surface area contributed by atoms with Crippen molar-refractivity contribution in [2.45, 2.75) is 25.3 Å². The summed E-state index contributed by atoms with van der Waals surface area (Å²) in [5.41, 5.74) is 1.37. The molecule has 1 aromatic heterocycles. The Morgan fingerprint density at radius 3 is 2.71 bits per heavy atom. The van der Waals surface area contributed by atoms with Crippen LogP contribution in [-0.4, -0.2) is 15.0 Å². The minimum Gasteiger partial charge on any atom is -0.312 e. The maximum Gasteiger partial charge on any atom is 0.263 e. The Kier molecular flexibility index (Phi) is 5.27. The van der Waals surface area contributed by atoms with Crippen LogP contribution in [0.2, 0.25) is 5.02 Å². The lowest BCUT2D eigenvalue weighted by molar-refractivity contribution is 0.599. The topological polar surface area (TPSA) is 58.2 Å². The van der Waals surface area contributed by atoms with Crippen LogP contribution < -0.4 is 10.0 Å². The van der Waals surface area contributed by atoms with Gasteiger partial charge in [-0.05, 0) is 42.6 Å². The first-order valence-electron chi connectivity index (χ1n) is 6.50. The Hall–Kier alpha value is -1.08. The maximum atomic E-state index is 12.5. The molecule has 0 aliphatic heterocycles. The summed E-state index contributed by atoms with van der Waals surface area (Å²) in [6, 6.07) is 6.72. The van der Waals surface area contributed by atoms with Crippen molar-refractivity contribution in [1.29, 1.82) is 0 Å². The SMILES string of the molecule is CCNCc1sccc1S(=O)(=O)Nc1ccc(C)c(Cl)c1. The predicted octanol–water partition coefficient (Wildman–Crippen LogP) is 3.62. The van der Waals surface area contributed by atoms with E-state index in [1.165, 1.54) is 11.3 Å². The van der Waals surface area contributed by atoms with Crippen molar-refractivity contribution in [1.82, 2.24) is 5.32 Å². The number of hydrogen-bond donors (Lipinski definition) is 2. The number of sulfonamides is 1. The van der Waals surface area contributed by atoms with E-state index in [9.17, 15) is 8.42 Å². The van der Waals surface area contributed by atoms with Crippen molar-refractivity contribution in [2.24, 2.45) is 0 Å². The first kappa shape index (κ1) is 16.3. The zero-order chi connectivity index (χ0) is 15.5. The first-order chi connectivity index (χ1) is 9.94. The molecule has 114 valence electrons. The quantitative estimate of drug-likeness (QED) is 0.841. The molecule has 2 N–H and O–H groups in total. The second-order valence-electron chi connectivity index (χ2n) is 4.56. The minimum atomic E-state index is -3.60. The lowest BCUT2D eigenvalue weighted by Crippen LogP contribution is -2.17. The van der Waals surface area contributed by atoms with Gasteiger partial charge in [-0.25, -0.2) is 8.42 Å². The fourth-order valence-corrected chi connectivity index (χ4v) is 4.45. The molecule has 1 heterocycles. The summed E-state index contributed by atoms with van der Waals surface area (Å²) in [7, 11) is -3.60. The standard InChI is InChI=1S/C14H17ClN2O2S2/c1-3-16-9-13-14(6-7-20-13)21(18,19)17-11-5-4-10(2)12(15)8-11/h4-8,16-17H,3,9H2,1-2H3. The van der Waals surface area contributed by atoms with Gasteiger partial charge in [0.25, 0.3) is 10.0 Å². The summed E-state index contributed by atoms with van der Waals surface area (Å²) in [5.74, 6) is 0. The van der Waals surface area contributed by atoms with Crippen LogP contribution in [0.4, 0.5) is 5.69 Å². The third kappa shape index (κ3) is 3.97. The van der Waals surface area contributed by atoms with Crippen LogP contribution in [0.5, 0.6) is 0 Å². The van der Waals surface area contributed by atoms with Gasteiger partial charge in [-0.2, -0.15) is 0 Å². The number of anilines is 1. The third-order valence-corrected chi connectivity index (χ3v) is 5.88. The number of nitrogens with one attached hydrogen (secondary N) is 2. The van der Waals surface area contributed by atoms with Crippen LogP contribution in [0.1, 0.15) is 17.4 Å². The van der Waals surface area contributed by atoms with Crippen molar-refractivity contribution >= 4 is 38.6 Å². The monoisotopic (exact) mass is 344 g/mol. The number of aryl methyl sites for hydroxylation is 1. The Labute approximate surface area is 134 Å². The van der Waals surface area contributed by atoms with Gasteiger partial charge in [0, 0.05) is 16.4 Å². The van der Waals surface area contributed by atoms with Crippen molar-refractivity contribution in [3.8, 4) is 0 Å². The van der Waals surface area contributed by atoms with Gasteiger partial charge in [-0.3, -0.25) is 4.72 Å². The first-order valence-corrected chi connectivity index (χ1v) is 9.24. The van der Waals surface area contributed by atoms with Crippen LogP contribution in [-0.2, 0) is 16.6 Å². The van der Waals surface area contributed by atoms with Crippen LogP contribution >= 0.6 is 22.9 Å². The summed E-state index contributed by atoms with van der Waals surface area (Å²) >= 11 is 7.45. The van der Waals surface area contributed by atoms with E-state index in [1.807, 2.05) is 13.8 Å². The van der Waals surface area contributed by atoms with Crippen molar-refractivity contribution in [3.63, 3.8) is 0 Å². The molecule has 0 atom stereocenters. The molecule has 0 aliphatic rings. The minimum absolute atomic E-state index is 0.310. The fourth-order valence-electron chi connectivity index (χ4n) is 1.80. The zero-order valence-electron chi connectivity index (χ0n) is 11.8. The molecule has 4 nitrogen and oxygen atoms in total. The normalized spacial score (nSPS) is 11.6. The Balaban J connectivity index is 2.26. The highest BCUT2D eigenvalue weighted by Crippen LogP contribution is 2.26. The lowest BCUT2D eigenvalue weighted by atomic mass is 10.2. The summed E-state index contributed by atoms with van der Waals surface area (Å²) in [5, 5.41) is 5.46. The number of thiophene rings is 1. The number of hydrogen-bond acceptors (Lipinski definition) is 4. The molecule has 1 aromatic carbocycles. The van der Waals surface area contributed by atoms with E-state index in [-0.39, 0.29) is 0 Å². The van der Waals surface area contributed by atoms with Gasteiger partial charge in [-0.1, -0.05) is 24.6 Å². The molecule has 2 aromatic rings. The molecule has 0 aliphatic carbocycles. The molecular formula is C14H17ClN2O2S2. The highest BCUT2D eigenvalue weighted by atomic mass is 35.5. The van der Waals surface area contributed by atoms with Crippen molar-refractivity contribution < 1.29 is 8.42 Å². The predicted molar refractivity (Wildman–Crippen MR) is 88.7 cm³/mol. The summed E-state index contributed by atoms with van der Waals surface area (Å²) in [6.45, 7) is 5.18. The van der Waals surface area contributed by atoms with Gasteiger partial charge >= 0.3 is 0 Å². The smallest absolute Gasteiger partial charge is 0.263 e. The Morgan fingerprint density at radius 2 is 2.05 bits per heavy atom. The van der Waals surface area contributed by atoms with E-state index in [0.29, 0.717) is 22.2 Å². The maximum absolute atomic E-state index is 12.5. The number of rotatable bonds is 6. The van der Waals surface area contributed by atoms with Gasteiger partial charge in [-0.15, -0.1) is 11.3 Å². The summed E-state index contributed by atoms with van der Waals surface area (Å²) in [6.07, 6.45) is 0. The molecule has 0 saturated heterocycles. The molecule has 2 rings (SSSR count). The van der Waals surface area contributed by atoms with Gasteiger partial charge in [0.15, 0.2) is 0 Å². The molecule has 0 fully saturated rings. The van der Waals surface area contributed by atoms with Crippen LogP contribution in [0.25, 0.3) is 0 Å². The lowest BCUT2D eigenvalue weighted by Gasteiger charge is -2.10. The largest absolute Gasteiger partial charge is 0.312 e. The summed E-state index contributed by atoms with van der Waals surface area (Å²) < 4.78 is 27.5. The summed E-state index contributed by atoms with van der Waals surface area (Å²) in [4.78, 5) is 1.10. The van der Waals surface area contributed by atoms with Gasteiger partial charge in [0.1, 0.15) is 4.90 Å². The molecule has 0 spiro atoms. The average Bonchev–Trinajstić information content (AvgIpc) is 2.89. The van der Waals surface area contributed by atoms with Crippen molar-refractivity contribution in [3.05, 3.63) is 45.1 Å². The number of halogens is 1. The van der Waals surface area contributed by atoms with Crippen LogP contribution in [0.15, 0.2) is 34.5 Å². The van der Waals surface area contributed by atoms with E-state index < -0.39 is 10.0 Å². The fraction of sp³-hybridized carbons (Fsp3) is 0.286. The second kappa shape index (κ2) is 6.79. The molecule has 0 bridgehead atoms. The highest BCUT2D eigenvalue weighted by molar-refractivity contribution is 7.93. The van der Waals surface area contributed by atoms with E-state index in [0.717, 1.165) is 17.0 Å². The highest BCUT2D eigenvalue weighted by Gasteiger charge is 2.19. The molecule has 0 amide bonds. The van der Waals surface area contributed by atoms with Gasteiger partial charge in [0.05, 0.1) is 5.69 Å². The van der Waals surface area contributed by atoms with E-state index in [1.54, 1.807) is 29.6 Å². The van der Waals surface area contributed by atoms with Gasteiger partial charge < -0.3 is 5.32 Å². The average molecular weight is 345 g/mol. The molecule has 0 saturated carbocycles. The number of benzene rings is 1. The zero-order valence-corrected chi connectivity index (χ0v) is 14.2. The Morgan fingerprint density at radius 1 is 1.29 bits per heavy atom. The molecule has 0 radical (unpaired) electrons. The van der Waals surface area contributed by atoms with Gasteiger partial charge in [0.2, 0.25) is 0 Å². The van der Waals surface area contributed by atoms with E-state index >= 15 is 0 Å². The molecular weight excluding hydrogens is 328 g/mol.